The lowest BCUT2D eigenvalue weighted by Gasteiger charge is -2.31. The van der Waals surface area contributed by atoms with E-state index in [1.54, 1.807) is 24.4 Å². The van der Waals surface area contributed by atoms with Crippen LogP contribution in [0.5, 0.6) is 5.75 Å². The van der Waals surface area contributed by atoms with Gasteiger partial charge in [-0.2, -0.15) is 9.29 Å². The van der Waals surface area contributed by atoms with Crippen molar-refractivity contribution in [1.29, 1.82) is 0 Å². The number of carbonyl (C=O) groups excluding carboxylic acids is 1. The normalized spacial score (nSPS) is 15.9. The summed E-state index contributed by atoms with van der Waals surface area (Å²) in [5, 5.41) is 7.10. The highest BCUT2D eigenvalue weighted by atomic mass is 32.2. The van der Waals surface area contributed by atoms with Gasteiger partial charge in [0.1, 0.15) is 5.75 Å². The molecule has 0 saturated carbocycles. The molecule has 11 heteroatoms. The number of sulfonamides is 1. The molecule has 1 fully saturated rings. The summed E-state index contributed by atoms with van der Waals surface area (Å²) in [6.45, 7) is 2.49. The monoisotopic (exact) mass is 430 g/mol. The van der Waals surface area contributed by atoms with Crippen LogP contribution in [0.1, 0.15) is 29.2 Å². The summed E-state index contributed by atoms with van der Waals surface area (Å²) in [5.74, 6) is 0.614. The van der Waals surface area contributed by atoms with Gasteiger partial charge in [0.2, 0.25) is 15.8 Å². The molecule has 30 heavy (non-hydrogen) atoms. The Balaban J connectivity index is 1.39. The van der Waals surface area contributed by atoms with Crippen molar-refractivity contribution in [2.75, 3.05) is 20.2 Å². The molecule has 1 amide bonds. The zero-order chi connectivity index (χ0) is 21.3. The van der Waals surface area contributed by atoms with Crippen molar-refractivity contribution >= 4 is 21.7 Å². The van der Waals surface area contributed by atoms with Crippen molar-refractivity contribution in [3.8, 4) is 5.75 Å². The molecule has 3 heterocycles. The topological polar surface area (TPSA) is 119 Å². The van der Waals surface area contributed by atoms with Gasteiger partial charge in [-0.1, -0.05) is 0 Å². The second-order valence-electron chi connectivity index (χ2n) is 7.06. The molecule has 1 aliphatic heterocycles. The van der Waals surface area contributed by atoms with Gasteiger partial charge in [-0.05, 0) is 50.1 Å². The SMILES string of the molecule is COc1ccc(S(=O)(=O)N2CCC(NC(=O)c3nc4nccc(C)n4n3)CC2)cc1. The number of hydrogen-bond donors (Lipinski definition) is 1. The van der Waals surface area contributed by atoms with Crippen molar-refractivity contribution in [1.82, 2.24) is 29.2 Å². The van der Waals surface area contributed by atoms with Crippen LogP contribution in [-0.2, 0) is 10.0 Å². The van der Waals surface area contributed by atoms with E-state index in [1.165, 1.54) is 28.1 Å². The Labute approximate surface area is 173 Å². The fourth-order valence-electron chi connectivity index (χ4n) is 3.39. The first kappa shape index (κ1) is 20.2. The number of nitrogens with zero attached hydrogens (tertiary/aromatic N) is 5. The van der Waals surface area contributed by atoms with E-state index in [0.29, 0.717) is 37.5 Å². The second kappa shape index (κ2) is 8.00. The molecule has 0 spiro atoms. The number of carbonyl (C=O) groups is 1. The number of rotatable bonds is 5. The van der Waals surface area contributed by atoms with E-state index >= 15 is 0 Å². The van der Waals surface area contributed by atoms with E-state index in [0.717, 1.165) is 5.69 Å². The first-order valence-corrected chi connectivity index (χ1v) is 11.0. The summed E-state index contributed by atoms with van der Waals surface area (Å²) in [5.41, 5.74) is 0.823. The third kappa shape index (κ3) is 3.85. The van der Waals surface area contributed by atoms with Crippen LogP contribution in [0.4, 0.5) is 0 Å². The van der Waals surface area contributed by atoms with E-state index < -0.39 is 15.9 Å². The number of aromatic nitrogens is 4. The summed E-state index contributed by atoms with van der Waals surface area (Å²) in [4.78, 5) is 21.0. The molecule has 3 aromatic rings. The molecule has 0 atom stereocenters. The van der Waals surface area contributed by atoms with Gasteiger partial charge in [-0.3, -0.25) is 4.79 Å². The largest absolute Gasteiger partial charge is 0.497 e. The highest BCUT2D eigenvalue weighted by Gasteiger charge is 2.30. The molecule has 1 N–H and O–H groups in total. The van der Waals surface area contributed by atoms with Crippen molar-refractivity contribution < 1.29 is 17.9 Å². The molecule has 1 aromatic carbocycles. The van der Waals surface area contributed by atoms with Crippen molar-refractivity contribution in [2.45, 2.75) is 30.7 Å². The number of hydrogen-bond acceptors (Lipinski definition) is 7. The summed E-state index contributed by atoms with van der Waals surface area (Å²) in [6.07, 6.45) is 2.62. The highest BCUT2D eigenvalue weighted by molar-refractivity contribution is 7.89. The molecule has 0 bridgehead atoms. The maximum Gasteiger partial charge on any atom is 0.291 e. The average Bonchev–Trinajstić information content (AvgIpc) is 3.20. The van der Waals surface area contributed by atoms with Crippen molar-refractivity contribution in [3.05, 3.63) is 48.0 Å². The first-order valence-electron chi connectivity index (χ1n) is 9.52. The number of methoxy groups -OCH3 is 1. The maximum atomic E-state index is 12.8. The Hall–Kier alpha value is -3.05. The summed E-state index contributed by atoms with van der Waals surface area (Å²) >= 11 is 0. The summed E-state index contributed by atoms with van der Waals surface area (Å²) in [6, 6.07) is 7.94. The number of nitrogens with one attached hydrogen (secondary N) is 1. The number of amides is 1. The number of aryl methyl sites for hydroxylation is 1. The van der Waals surface area contributed by atoms with Gasteiger partial charge >= 0.3 is 0 Å². The van der Waals surface area contributed by atoms with E-state index in [-0.39, 0.29) is 16.8 Å². The smallest absolute Gasteiger partial charge is 0.291 e. The Kier molecular flexibility index (Phi) is 5.39. The van der Waals surface area contributed by atoms with Crippen LogP contribution in [0.15, 0.2) is 41.4 Å². The highest BCUT2D eigenvalue weighted by Crippen LogP contribution is 2.23. The Morgan fingerprint density at radius 1 is 1.17 bits per heavy atom. The van der Waals surface area contributed by atoms with Gasteiger partial charge in [0, 0.05) is 31.0 Å². The molecule has 4 rings (SSSR count). The minimum absolute atomic E-state index is 0.0464. The molecule has 2 aromatic heterocycles. The van der Waals surface area contributed by atoms with E-state index in [2.05, 4.69) is 20.4 Å². The standard InChI is InChI=1S/C19H22N6O4S/c1-13-7-10-20-19-22-17(23-25(13)19)18(26)21-14-8-11-24(12-9-14)30(27,28)16-5-3-15(29-2)4-6-16/h3-7,10,14H,8-9,11-12H2,1-2H3,(H,21,26). The lowest BCUT2D eigenvalue weighted by Crippen LogP contribution is -2.46. The van der Waals surface area contributed by atoms with Crippen LogP contribution in [0.2, 0.25) is 0 Å². The number of benzene rings is 1. The number of ether oxygens (including phenoxy) is 1. The third-order valence-corrected chi connectivity index (χ3v) is 7.03. The lowest BCUT2D eigenvalue weighted by molar-refractivity contribution is 0.0913. The maximum absolute atomic E-state index is 12.8. The second-order valence-corrected chi connectivity index (χ2v) is 9.00. The quantitative estimate of drug-likeness (QED) is 0.642. The number of piperidine rings is 1. The molecule has 10 nitrogen and oxygen atoms in total. The molecule has 0 aliphatic carbocycles. The van der Waals surface area contributed by atoms with Gasteiger partial charge < -0.3 is 10.1 Å². The van der Waals surface area contributed by atoms with Crippen LogP contribution in [0, 0.1) is 6.92 Å². The van der Waals surface area contributed by atoms with Gasteiger partial charge in [0.25, 0.3) is 11.7 Å². The fraction of sp³-hybridized carbons (Fsp3) is 0.368. The summed E-state index contributed by atoms with van der Waals surface area (Å²) in [7, 11) is -2.05. The Morgan fingerprint density at radius 3 is 2.50 bits per heavy atom. The first-order chi connectivity index (χ1) is 14.4. The molecule has 158 valence electrons. The van der Waals surface area contributed by atoms with Crippen LogP contribution in [-0.4, -0.2) is 64.5 Å². The molecule has 0 unspecified atom stereocenters. The lowest BCUT2D eigenvalue weighted by atomic mass is 10.1. The minimum atomic E-state index is -3.58. The zero-order valence-electron chi connectivity index (χ0n) is 16.6. The van der Waals surface area contributed by atoms with Crippen LogP contribution in [0.25, 0.3) is 5.78 Å². The van der Waals surface area contributed by atoms with Gasteiger partial charge in [0.15, 0.2) is 0 Å². The van der Waals surface area contributed by atoms with Gasteiger partial charge in [-0.25, -0.2) is 17.9 Å². The Morgan fingerprint density at radius 2 is 1.87 bits per heavy atom. The molecular weight excluding hydrogens is 408 g/mol. The average molecular weight is 430 g/mol. The predicted molar refractivity (Wildman–Crippen MR) is 108 cm³/mol. The van der Waals surface area contributed by atoms with E-state index in [4.69, 9.17) is 4.74 Å². The summed E-state index contributed by atoms with van der Waals surface area (Å²) < 4.78 is 33.7. The molecule has 1 aliphatic rings. The van der Waals surface area contributed by atoms with E-state index in [9.17, 15) is 13.2 Å². The number of fused-ring (bicyclic) bond motifs is 1. The van der Waals surface area contributed by atoms with Crippen LogP contribution < -0.4 is 10.1 Å². The third-order valence-electron chi connectivity index (χ3n) is 5.12. The molecule has 0 radical (unpaired) electrons. The van der Waals surface area contributed by atoms with Gasteiger partial charge in [-0.15, -0.1) is 5.10 Å². The van der Waals surface area contributed by atoms with Crippen LogP contribution >= 0.6 is 0 Å². The van der Waals surface area contributed by atoms with Gasteiger partial charge in [0.05, 0.1) is 12.0 Å². The van der Waals surface area contributed by atoms with E-state index in [1.807, 2.05) is 6.92 Å². The van der Waals surface area contributed by atoms with Crippen LogP contribution in [0.3, 0.4) is 0 Å². The zero-order valence-corrected chi connectivity index (χ0v) is 17.5. The molecular formula is C19H22N6O4S. The predicted octanol–water partition coefficient (Wildman–Crippen LogP) is 1.02. The minimum Gasteiger partial charge on any atom is -0.497 e. The van der Waals surface area contributed by atoms with Crippen molar-refractivity contribution in [2.24, 2.45) is 0 Å². The fourth-order valence-corrected chi connectivity index (χ4v) is 4.86. The van der Waals surface area contributed by atoms with Crippen molar-refractivity contribution in [3.63, 3.8) is 0 Å². The Bertz CT molecular complexity index is 1170. The molecule has 1 saturated heterocycles.